The van der Waals surface area contributed by atoms with Gasteiger partial charge in [0.05, 0.1) is 17.2 Å². The molecular formula is C13H22N2OS. The standard InChI is InChI=1S/C13H22N2OS/c1-4-9(2)12-11(8-16)17-13(14-12)15-7-5-6-10(15)3/h9-10,16H,4-8H2,1-3H3. The van der Waals surface area contributed by atoms with Crippen molar-refractivity contribution in [3.63, 3.8) is 0 Å². The lowest BCUT2D eigenvalue weighted by molar-refractivity contribution is 0.283. The van der Waals surface area contributed by atoms with Gasteiger partial charge in [0.25, 0.3) is 0 Å². The van der Waals surface area contributed by atoms with E-state index in [1.807, 2.05) is 0 Å². The Morgan fingerprint density at radius 3 is 2.88 bits per heavy atom. The van der Waals surface area contributed by atoms with E-state index in [0.29, 0.717) is 12.0 Å². The molecule has 0 aromatic carbocycles. The first-order valence-electron chi connectivity index (χ1n) is 6.54. The van der Waals surface area contributed by atoms with Crippen LogP contribution < -0.4 is 4.90 Å². The zero-order chi connectivity index (χ0) is 12.4. The quantitative estimate of drug-likeness (QED) is 0.896. The Hall–Kier alpha value is -0.610. The Balaban J connectivity index is 2.27. The Bertz CT molecular complexity index is 377. The lowest BCUT2D eigenvalue weighted by atomic mass is 10.0. The van der Waals surface area contributed by atoms with E-state index in [1.54, 1.807) is 11.3 Å². The highest BCUT2D eigenvalue weighted by Crippen LogP contribution is 2.35. The van der Waals surface area contributed by atoms with E-state index in [-0.39, 0.29) is 6.61 Å². The van der Waals surface area contributed by atoms with Crippen molar-refractivity contribution >= 4 is 16.5 Å². The molecule has 0 saturated carbocycles. The minimum atomic E-state index is 0.125. The summed E-state index contributed by atoms with van der Waals surface area (Å²) in [4.78, 5) is 8.20. The summed E-state index contributed by atoms with van der Waals surface area (Å²) in [5, 5.41) is 10.5. The first kappa shape index (κ1) is 12.8. The third-order valence-corrected chi connectivity index (χ3v) is 4.83. The molecule has 0 bridgehead atoms. The van der Waals surface area contributed by atoms with Crippen LogP contribution in [0.25, 0.3) is 0 Å². The molecule has 96 valence electrons. The number of aliphatic hydroxyl groups excluding tert-OH is 1. The molecule has 1 aliphatic rings. The van der Waals surface area contributed by atoms with Crippen LogP contribution in [0.3, 0.4) is 0 Å². The van der Waals surface area contributed by atoms with Gasteiger partial charge in [0, 0.05) is 12.6 Å². The highest BCUT2D eigenvalue weighted by atomic mass is 32.1. The highest BCUT2D eigenvalue weighted by molar-refractivity contribution is 7.15. The van der Waals surface area contributed by atoms with Crippen LogP contribution in [0.5, 0.6) is 0 Å². The molecule has 17 heavy (non-hydrogen) atoms. The Labute approximate surface area is 107 Å². The van der Waals surface area contributed by atoms with Gasteiger partial charge < -0.3 is 10.0 Å². The number of nitrogens with zero attached hydrogens (tertiary/aromatic N) is 2. The molecule has 3 nitrogen and oxygen atoms in total. The Morgan fingerprint density at radius 2 is 2.35 bits per heavy atom. The second kappa shape index (κ2) is 5.36. The van der Waals surface area contributed by atoms with Gasteiger partial charge in [-0.25, -0.2) is 4.98 Å². The first-order chi connectivity index (χ1) is 8.17. The predicted molar refractivity (Wildman–Crippen MR) is 72.8 cm³/mol. The van der Waals surface area contributed by atoms with Crippen molar-refractivity contribution in [1.29, 1.82) is 0 Å². The molecule has 1 N–H and O–H groups in total. The van der Waals surface area contributed by atoms with Crippen LogP contribution in [0.2, 0.25) is 0 Å². The van der Waals surface area contributed by atoms with Crippen molar-refractivity contribution in [2.45, 2.75) is 58.6 Å². The second-order valence-electron chi connectivity index (χ2n) is 4.96. The molecule has 2 unspecified atom stereocenters. The van der Waals surface area contributed by atoms with Gasteiger partial charge in [0.2, 0.25) is 0 Å². The first-order valence-corrected chi connectivity index (χ1v) is 7.36. The van der Waals surface area contributed by atoms with Crippen LogP contribution in [0, 0.1) is 0 Å². The smallest absolute Gasteiger partial charge is 0.186 e. The molecular weight excluding hydrogens is 232 g/mol. The van der Waals surface area contributed by atoms with E-state index in [4.69, 9.17) is 4.98 Å². The Kier molecular flexibility index (Phi) is 4.05. The Morgan fingerprint density at radius 1 is 1.59 bits per heavy atom. The predicted octanol–water partition coefficient (Wildman–Crippen LogP) is 3.14. The molecule has 4 heteroatoms. The zero-order valence-corrected chi connectivity index (χ0v) is 11.8. The molecule has 1 saturated heterocycles. The van der Waals surface area contributed by atoms with E-state index in [9.17, 15) is 5.11 Å². The van der Waals surface area contributed by atoms with Gasteiger partial charge in [0.15, 0.2) is 5.13 Å². The molecule has 1 aromatic heterocycles. The maximum Gasteiger partial charge on any atom is 0.186 e. The normalized spacial score (nSPS) is 22.1. The number of hydrogen-bond acceptors (Lipinski definition) is 4. The number of aliphatic hydroxyl groups is 1. The van der Waals surface area contributed by atoms with Gasteiger partial charge in [-0.15, -0.1) is 0 Å². The summed E-state index contributed by atoms with van der Waals surface area (Å²) < 4.78 is 0. The van der Waals surface area contributed by atoms with Crippen molar-refractivity contribution < 1.29 is 5.11 Å². The summed E-state index contributed by atoms with van der Waals surface area (Å²) in [6.45, 7) is 7.85. The maximum absolute atomic E-state index is 9.44. The second-order valence-corrected chi connectivity index (χ2v) is 6.02. The van der Waals surface area contributed by atoms with Crippen molar-refractivity contribution in [2.75, 3.05) is 11.4 Å². The van der Waals surface area contributed by atoms with Gasteiger partial charge in [0.1, 0.15) is 0 Å². The molecule has 0 amide bonds. The minimum absolute atomic E-state index is 0.125. The molecule has 0 spiro atoms. The average molecular weight is 254 g/mol. The van der Waals surface area contributed by atoms with Crippen molar-refractivity contribution in [1.82, 2.24) is 4.98 Å². The molecule has 2 heterocycles. The number of hydrogen-bond donors (Lipinski definition) is 1. The van der Waals surface area contributed by atoms with E-state index >= 15 is 0 Å². The molecule has 2 atom stereocenters. The van der Waals surface area contributed by atoms with Crippen molar-refractivity contribution in [3.05, 3.63) is 10.6 Å². The van der Waals surface area contributed by atoms with E-state index in [0.717, 1.165) is 28.7 Å². The molecule has 1 aliphatic heterocycles. The summed E-state index contributed by atoms with van der Waals surface area (Å²) in [7, 11) is 0. The van der Waals surface area contributed by atoms with Gasteiger partial charge in [-0.1, -0.05) is 25.2 Å². The van der Waals surface area contributed by atoms with Crippen LogP contribution in [0.1, 0.15) is 56.5 Å². The van der Waals surface area contributed by atoms with Gasteiger partial charge in [-0.2, -0.15) is 0 Å². The largest absolute Gasteiger partial charge is 0.391 e. The third-order valence-electron chi connectivity index (χ3n) is 3.74. The van der Waals surface area contributed by atoms with Crippen molar-refractivity contribution in [2.24, 2.45) is 0 Å². The maximum atomic E-state index is 9.44. The summed E-state index contributed by atoms with van der Waals surface area (Å²) in [6, 6.07) is 0.595. The van der Waals surface area contributed by atoms with E-state index < -0.39 is 0 Å². The zero-order valence-electron chi connectivity index (χ0n) is 10.9. The summed E-state index contributed by atoms with van der Waals surface area (Å²) in [5.74, 6) is 0.444. The van der Waals surface area contributed by atoms with Crippen LogP contribution in [-0.4, -0.2) is 22.7 Å². The number of aromatic nitrogens is 1. The summed E-state index contributed by atoms with van der Waals surface area (Å²) in [6.07, 6.45) is 3.59. The van der Waals surface area contributed by atoms with Gasteiger partial charge >= 0.3 is 0 Å². The fraction of sp³-hybridized carbons (Fsp3) is 0.769. The minimum Gasteiger partial charge on any atom is -0.391 e. The highest BCUT2D eigenvalue weighted by Gasteiger charge is 2.25. The average Bonchev–Trinajstić information content (AvgIpc) is 2.93. The lowest BCUT2D eigenvalue weighted by Gasteiger charge is -2.19. The summed E-state index contributed by atoms with van der Waals surface area (Å²) in [5.41, 5.74) is 1.11. The number of rotatable bonds is 4. The SMILES string of the molecule is CCC(C)c1nc(N2CCCC2C)sc1CO. The lowest BCUT2D eigenvalue weighted by Crippen LogP contribution is -2.26. The van der Waals surface area contributed by atoms with Crippen LogP contribution in [0.15, 0.2) is 0 Å². The van der Waals surface area contributed by atoms with Crippen LogP contribution >= 0.6 is 11.3 Å². The fourth-order valence-electron chi connectivity index (χ4n) is 2.38. The number of anilines is 1. The van der Waals surface area contributed by atoms with Gasteiger partial charge in [-0.3, -0.25) is 0 Å². The molecule has 2 rings (SSSR count). The van der Waals surface area contributed by atoms with E-state index in [2.05, 4.69) is 25.7 Å². The van der Waals surface area contributed by atoms with Crippen molar-refractivity contribution in [3.8, 4) is 0 Å². The summed E-state index contributed by atoms with van der Waals surface area (Å²) >= 11 is 1.67. The molecule has 0 radical (unpaired) electrons. The van der Waals surface area contributed by atoms with E-state index in [1.165, 1.54) is 12.8 Å². The molecule has 1 aromatic rings. The number of thiazole rings is 1. The topological polar surface area (TPSA) is 36.4 Å². The van der Waals surface area contributed by atoms with Crippen LogP contribution in [-0.2, 0) is 6.61 Å². The third kappa shape index (κ3) is 2.47. The monoisotopic (exact) mass is 254 g/mol. The fourth-order valence-corrected chi connectivity index (χ4v) is 3.55. The molecule has 0 aliphatic carbocycles. The van der Waals surface area contributed by atoms with Gasteiger partial charge in [-0.05, 0) is 32.1 Å². The van der Waals surface area contributed by atoms with Crippen LogP contribution in [0.4, 0.5) is 5.13 Å². The molecule has 1 fully saturated rings.